The molecule has 1 aromatic carbocycles. The number of hydrogen-bond donors (Lipinski definition) is 1. The maximum atomic E-state index is 12.1. The van der Waals surface area contributed by atoms with Gasteiger partial charge in [0.15, 0.2) is 5.16 Å². The van der Waals surface area contributed by atoms with Gasteiger partial charge in [0.2, 0.25) is 4.96 Å². The highest BCUT2D eigenvalue weighted by molar-refractivity contribution is 7.98. The third-order valence-corrected chi connectivity index (χ3v) is 5.15. The third-order valence-electron chi connectivity index (χ3n) is 3.42. The Kier molecular flexibility index (Phi) is 3.73. The molecule has 3 aromatic heterocycles. The second-order valence-corrected chi connectivity index (χ2v) is 7.24. The molecule has 4 aromatic rings. The number of fused-ring (bicyclic) bond motifs is 2. The molecule has 0 radical (unpaired) electrons. The van der Waals surface area contributed by atoms with Gasteiger partial charge < -0.3 is 9.72 Å². The minimum absolute atomic E-state index is 0.158. The second kappa shape index (κ2) is 5.91. The molecule has 0 unspecified atom stereocenters. The molecule has 24 heavy (non-hydrogen) atoms. The van der Waals surface area contributed by atoms with Crippen LogP contribution in [-0.2, 0) is 5.75 Å². The number of benzene rings is 1. The Balaban J connectivity index is 1.59. The molecule has 0 aliphatic carbocycles. The molecular formula is C15H13N5O2S2. The van der Waals surface area contributed by atoms with Gasteiger partial charge in [-0.05, 0) is 19.1 Å². The molecule has 0 spiro atoms. The van der Waals surface area contributed by atoms with E-state index in [4.69, 9.17) is 4.74 Å². The van der Waals surface area contributed by atoms with Gasteiger partial charge in [-0.1, -0.05) is 23.1 Å². The molecule has 0 aliphatic rings. The first-order valence-corrected chi connectivity index (χ1v) is 8.95. The number of aryl methyl sites for hydroxylation is 1. The summed E-state index contributed by atoms with van der Waals surface area (Å²) >= 11 is 2.91. The van der Waals surface area contributed by atoms with Gasteiger partial charge in [0.25, 0.3) is 5.56 Å². The van der Waals surface area contributed by atoms with E-state index in [2.05, 4.69) is 20.1 Å². The van der Waals surface area contributed by atoms with Crippen LogP contribution in [0.5, 0.6) is 5.75 Å². The van der Waals surface area contributed by atoms with Crippen molar-refractivity contribution in [2.75, 3.05) is 7.11 Å². The number of nitrogens with zero attached hydrogens (tertiary/aromatic N) is 4. The van der Waals surface area contributed by atoms with Gasteiger partial charge in [0.1, 0.15) is 10.8 Å². The van der Waals surface area contributed by atoms with Crippen molar-refractivity contribution in [2.24, 2.45) is 0 Å². The molecule has 0 aliphatic heterocycles. The Labute approximate surface area is 144 Å². The van der Waals surface area contributed by atoms with Crippen molar-refractivity contribution in [3.8, 4) is 5.75 Å². The smallest absolute Gasteiger partial charge is 0.275 e. The van der Waals surface area contributed by atoms with E-state index in [1.54, 1.807) is 7.11 Å². The zero-order valence-electron chi connectivity index (χ0n) is 12.9. The Bertz CT molecular complexity index is 1100. The highest BCUT2D eigenvalue weighted by atomic mass is 32.2. The number of nitrogens with one attached hydrogen (secondary N) is 1. The number of thioether (sulfide) groups is 1. The molecule has 9 heteroatoms. The van der Waals surface area contributed by atoms with Crippen molar-refractivity contribution in [1.29, 1.82) is 0 Å². The van der Waals surface area contributed by atoms with E-state index in [0.717, 1.165) is 26.9 Å². The lowest BCUT2D eigenvalue weighted by Crippen LogP contribution is -2.15. The predicted octanol–water partition coefficient (Wildman–Crippen LogP) is 2.64. The summed E-state index contributed by atoms with van der Waals surface area (Å²) in [5.41, 5.74) is 2.35. The first-order chi connectivity index (χ1) is 11.6. The Morgan fingerprint density at radius 3 is 3.04 bits per heavy atom. The maximum absolute atomic E-state index is 12.1. The van der Waals surface area contributed by atoms with Gasteiger partial charge in [-0.3, -0.25) is 4.79 Å². The van der Waals surface area contributed by atoms with E-state index in [1.807, 2.05) is 25.1 Å². The molecule has 0 amide bonds. The molecule has 0 saturated carbocycles. The standard InChI is InChI=1S/C15H13N5O2S2/c1-8-19-20-13(21)5-9(16-15(20)24-8)7-23-14-17-11-4-3-10(22-2)6-12(11)18-14/h3-6H,7H2,1-2H3,(H,17,18). The zero-order chi connectivity index (χ0) is 16.7. The van der Waals surface area contributed by atoms with Gasteiger partial charge in [-0.2, -0.15) is 9.61 Å². The average Bonchev–Trinajstić information content (AvgIpc) is 3.14. The molecule has 7 nitrogen and oxygen atoms in total. The van der Waals surface area contributed by atoms with Crippen molar-refractivity contribution in [1.82, 2.24) is 24.6 Å². The number of rotatable bonds is 4. The zero-order valence-corrected chi connectivity index (χ0v) is 14.6. The molecular weight excluding hydrogens is 346 g/mol. The molecule has 1 N–H and O–H groups in total. The summed E-state index contributed by atoms with van der Waals surface area (Å²) in [6, 6.07) is 7.21. The van der Waals surface area contributed by atoms with Crippen LogP contribution in [0.25, 0.3) is 16.0 Å². The Hall–Kier alpha value is -2.39. The van der Waals surface area contributed by atoms with E-state index in [9.17, 15) is 4.79 Å². The predicted molar refractivity (Wildman–Crippen MR) is 94.1 cm³/mol. The highest BCUT2D eigenvalue weighted by Crippen LogP contribution is 2.25. The van der Waals surface area contributed by atoms with Crippen molar-refractivity contribution >= 4 is 39.1 Å². The second-order valence-electron chi connectivity index (χ2n) is 5.11. The molecule has 0 atom stereocenters. The van der Waals surface area contributed by atoms with Crippen LogP contribution in [0.1, 0.15) is 10.7 Å². The summed E-state index contributed by atoms with van der Waals surface area (Å²) < 4.78 is 6.55. The van der Waals surface area contributed by atoms with Gasteiger partial charge in [-0.15, -0.1) is 0 Å². The van der Waals surface area contributed by atoms with Crippen LogP contribution in [0.15, 0.2) is 34.2 Å². The molecule has 122 valence electrons. The Morgan fingerprint density at radius 1 is 1.33 bits per heavy atom. The van der Waals surface area contributed by atoms with Gasteiger partial charge in [-0.25, -0.2) is 9.97 Å². The minimum Gasteiger partial charge on any atom is -0.497 e. The molecule has 0 saturated heterocycles. The van der Waals surface area contributed by atoms with Crippen LogP contribution >= 0.6 is 23.1 Å². The summed E-state index contributed by atoms with van der Waals surface area (Å²) in [6.45, 7) is 1.86. The summed E-state index contributed by atoms with van der Waals surface area (Å²) in [4.78, 5) is 24.9. The van der Waals surface area contributed by atoms with E-state index >= 15 is 0 Å². The highest BCUT2D eigenvalue weighted by Gasteiger charge is 2.09. The fraction of sp³-hybridized carbons (Fsp3) is 0.200. The van der Waals surface area contributed by atoms with Crippen LogP contribution in [0, 0.1) is 6.92 Å². The molecule has 3 heterocycles. The monoisotopic (exact) mass is 359 g/mol. The summed E-state index contributed by atoms with van der Waals surface area (Å²) in [6.07, 6.45) is 0. The van der Waals surface area contributed by atoms with Crippen LogP contribution in [0.3, 0.4) is 0 Å². The summed E-state index contributed by atoms with van der Waals surface area (Å²) in [5, 5.41) is 5.73. The van der Waals surface area contributed by atoms with Gasteiger partial charge in [0, 0.05) is 17.9 Å². The lowest BCUT2D eigenvalue weighted by Gasteiger charge is -1.98. The van der Waals surface area contributed by atoms with E-state index in [-0.39, 0.29) is 5.56 Å². The number of methoxy groups -OCH3 is 1. The number of imidazole rings is 1. The van der Waals surface area contributed by atoms with Crippen molar-refractivity contribution < 1.29 is 4.74 Å². The Morgan fingerprint density at radius 2 is 2.21 bits per heavy atom. The van der Waals surface area contributed by atoms with Crippen molar-refractivity contribution in [3.63, 3.8) is 0 Å². The van der Waals surface area contributed by atoms with Crippen molar-refractivity contribution in [3.05, 3.63) is 45.3 Å². The lowest BCUT2D eigenvalue weighted by molar-refractivity contribution is 0.415. The number of hydrogen-bond acceptors (Lipinski definition) is 7. The maximum Gasteiger partial charge on any atom is 0.275 e. The molecule has 0 fully saturated rings. The van der Waals surface area contributed by atoms with Crippen molar-refractivity contribution in [2.45, 2.75) is 17.8 Å². The third kappa shape index (κ3) is 2.76. The molecule has 4 rings (SSSR count). The number of aromatic nitrogens is 5. The fourth-order valence-corrected chi connectivity index (χ4v) is 3.87. The normalized spacial score (nSPS) is 11.4. The first kappa shape index (κ1) is 15.2. The summed E-state index contributed by atoms with van der Waals surface area (Å²) in [5.74, 6) is 1.34. The van der Waals surface area contributed by atoms with Gasteiger partial charge >= 0.3 is 0 Å². The SMILES string of the molecule is COc1ccc2nc(SCc3cc(=O)n4nc(C)sc4n3)[nH]c2c1. The van der Waals surface area contributed by atoms with Crippen LogP contribution in [0.4, 0.5) is 0 Å². The largest absolute Gasteiger partial charge is 0.497 e. The van der Waals surface area contributed by atoms with Crippen LogP contribution in [0.2, 0.25) is 0 Å². The van der Waals surface area contributed by atoms with Gasteiger partial charge in [0.05, 0.1) is 23.8 Å². The first-order valence-electron chi connectivity index (χ1n) is 7.15. The van der Waals surface area contributed by atoms with E-state index < -0.39 is 0 Å². The molecule has 0 bridgehead atoms. The van der Waals surface area contributed by atoms with E-state index in [0.29, 0.717) is 16.4 Å². The quantitative estimate of drug-likeness (QED) is 0.564. The number of ether oxygens (including phenoxy) is 1. The number of H-pyrrole nitrogens is 1. The minimum atomic E-state index is -0.158. The fourth-order valence-electron chi connectivity index (χ4n) is 2.33. The van der Waals surface area contributed by atoms with E-state index in [1.165, 1.54) is 33.7 Å². The average molecular weight is 359 g/mol. The number of aromatic amines is 1. The topological polar surface area (TPSA) is 85.2 Å². The summed E-state index contributed by atoms with van der Waals surface area (Å²) in [7, 11) is 1.63. The lowest BCUT2D eigenvalue weighted by atomic mass is 10.3. The van der Waals surface area contributed by atoms with Crippen LogP contribution in [-0.4, -0.2) is 31.7 Å². The van der Waals surface area contributed by atoms with Crippen LogP contribution < -0.4 is 10.3 Å².